The summed E-state index contributed by atoms with van der Waals surface area (Å²) in [6, 6.07) is 0.919. The van der Waals surface area contributed by atoms with Crippen molar-refractivity contribution in [1.29, 1.82) is 0 Å². The standard InChI is InChI=1S/C10H20N2/c1-10(5-6-11-7-10)8-12(2)9-3-4-9/h9,11H,3-8H2,1-2H3. The minimum atomic E-state index is 0.553. The third-order valence-corrected chi connectivity index (χ3v) is 3.26. The maximum absolute atomic E-state index is 3.45. The van der Waals surface area contributed by atoms with E-state index in [2.05, 4.69) is 24.2 Å². The van der Waals surface area contributed by atoms with E-state index in [0.29, 0.717) is 5.41 Å². The van der Waals surface area contributed by atoms with E-state index in [9.17, 15) is 0 Å². The highest BCUT2D eigenvalue weighted by atomic mass is 15.2. The van der Waals surface area contributed by atoms with Crippen LogP contribution in [0.1, 0.15) is 26.2 Å². The Morgan fingerprint density at radius 3 is 2.75 bits per heavy atom. The Hall–Kier alpha value is -0.0800. The summed E-state index contributed by atoms with van der Waals surface area (Å²) in [5.41, 5.74) is 0.553. The van der Waals surface area contributed by atoms with Crippen LogP contribution in [0.3, 0.4) is 0 Å². The smallest absolute Gasteiger partial charge is 0.00936 e. The zero-order valence-electron chi connectivity index (χ0n) is 8.27. The van der Waals surface area contributed by atoms with E-state index in [0.717, 1.165) is 6.04 Å². The summed E-state index contributed by atoms with van der Waals surface area (Å²) in [5.74, 6) is 0. The second-order valence-corrected chi connectivity index (χ2v) is 4.88. The minimum absolute atomic E-state index is 0.553. The third kappa shape index (κ3) is 1.80. The van der Waals surface area contributed by atoms with Gasteiger partial charge in [-0.2, -0.15) is 0 Å². The monoisotopic (exact) mass is 168 g/mol. The topological polar surface area (TPSA) is 15.3 Å². The van der Waals surface area contributed by atoms with E-state index in [1.807, 2.05) is 0 Å². The van der Waals surface area contributed by atoms with E-state index in [1.165, 1.54) is 38.9 Å². The molecule has 1 aliphatic heterocycles. The molecule has 2 fully saturated rings. The fraction of sp³-hybridized carbons (Fsp3) is 1.00. The molecule has 0 amide bonds. The van der Waals surface area contributed by atoms with Gasteiger partial charge < -0.3 is 10.2 Å². The number of nitrogens with one attached hydrogen (secondary N) is 1. The molecule has 0 aromatic rings. The highest BCUT2D eigenvalue weighted by Crippen LogP contribution is 2.31. The van der Waals surface area contributed by atoms with Gasteiger partial charge in [-0.3, -0.25) is 0 Å². The lowest BCUT2D eigenvalue weighted by Crippen LogP contribution is -2.36. The van der Waals surface area contributed by atoms with Crippen LogP contribution in [-0.4, -0.2) is 37.6 Å². The number of hydrogen-bond acceptors (Lipinski definition) is 2. The van der Waals surface area contributed by atoms with Crippen LogP contribution in [0, 0.1) is 5.41 Å². The molecule has 0 spiro atoms. The number of hydrogen-bond donors (Lipinski definition) is 1. The lowest BCUT2D eigenvalue weighted by atomic mass is 9.89. The average molecular weight is 168 g/mol. The van der Waals surface area contributed by atoms with Gasteiger partial charge in [-0.15, -0.1) is 0 Å². The first-order valence-electron chi connectivity index (χ1n) is 5.11. The highest BCUT2D eigenvalue weighted by molar-refractivity contribution is 4.90. The Morgan fingerprint density at radius 2 is 2.25 bits per heavy atom. The zero-order valence-corrected chi connectivity index (χ0v) is 8.27. The van der Waals surface area contributed by atoms with Crippen molar-refractivity contribution < 1.29 is 0 Å². The summed E-state index contributed by atoms with van der Waals surface area (Å²) >= 11 is 0. The Balaban J connectivity index is 1.83. The van der Waals surface area contributed by atoms with Gasteiger partial charge in [0.25, 0.3) is 0 Å². The van der Waals surface area contributed by atoms with Gasteiger partial charge in [0.2, 0.25) is 0 Å². The van der Waals surface area contributed by atoms with Gasteiger partial charge in [0, 0.05) is 19.1 Å². The van der Waals surface area contributed by atoms with Crippen molar-refractivity contribution in [2.45, 2.75) is 32.2 Å². The molecule has 0 aromatic carbocycles. The molecule has 0 radical (unpaired) electrons. The van der Waals surface area contributed by atoms with Gasteiger partial charge in [-0.05, 0) is 38.3 Å². The normalized spacial score (nSPS) is 36.2. The molecule has 0 bridgehead atoms. The molecular formula is C10H20N2. The Morgan fingerprint density at radius 1 is 1.50 bits per heavy atom. The largest absolute Gasteiger partial charge is 0.316 e. The van der Waals surface area contributed by atoms with Gasteiger partial charge >= 0.3 is 0 Å². The van der Waals surface area contributed by atoms with Gasteiger partial charge in [0.05, 0.1) is 0 Å². The summed E-state index contributed by atoms with van der Waals surface area (Å²) in [7, 11) is 2.28. The van der Waals surface area contributed by atoms with Gasteiger partial charge in [-0.1, -0.05) is 6.92 Å². The highest BCUT2D eigenvalue weighted by Gasteiger charge is 2.34. The molecule has 1 heterocycles. The molecule has 1 unspecified atom stereocenters. The second kappa shape index (κ2) is 3.00. The first kappa shape index (κ1) is 8.52. The SMILES string of the molecule is CN(CC1(C)CCNC1)C1CC1. The van der Waals surface area contributed by atoms with Gasteiger partial charge in [0.1, 0.15) is 0 Å². The molecule has 0 aromatic heterocycles. The fourth-order valence-corrected chi connectivity index (χ4v) is 2.25. The Kier molecular flexibility index (Phi) is 2.13. The molecule has 1 saturated heterocycles. The molecule has 1 aliphatic carbocycles. The van der Waals surface area contributed by atoms with Gasteiger partial charge in [0.15, 0.2) is 0 Å². The molecule has 1 N–H and O–H groups in total. The predicted octanol–water partition coefficient (Wildman–Crippen LogP) is 1.08. The minimum Gasteiger partial charge on any atom is -0.316 e. The lowest BCUT2D eigenvalue weighted by Gasteiger charge is -2.29. The summed E-state index contributed by atoms with van der Waals surface area (Å²) in [4.78, 5) is 2.55. The van der Waals surface area contributed by atoms with Crippen LogP contribution in [0.5, 0.6) is 0 Å². The van der Waals surface area contributed by atoms with E-state index in [4.69, 9.17) is 0 Å². The molecule has 2 nitrogen and oxygen atoms in total. The molecule has 12 heavy (non-hydrogen) atoms. The summed E-state index contributed by atoms with van der Waals surface area (Å²) in [6.45, 7) is 6.12. The van der Waals surface area contributed by atoms with Crippen LogP contribution in [0.15, 0.2) is 0 Å². The molecule has 1 saturated carbocycles. The van der Waals surface area contributed by atoms with Crippen molar-refractivity contribution in [1.82, 2.24) is 10.2 Å². The van der Waals surface area contributed by atoms with Crippen LogP contribution in [-0.2, 0) is 0 Å². The quantitative estimate of drug-likeness (QED) is 0.678. The Bertz CT molecular complexity index is 157. The van der Waals surface area contributed by atoms with Gasteiger partial charge in [-0.25, -0.2) is 0 Å². The second-order valence-electron chi connectivity index (χ2n) is 4.88. The van der Waals surface area contributed by atoms with E-state index in [1.54, 1.807) is 0 Å². The van der Waals surface area contributed by atoms with Crippen molar-refractivity contribution in [3.63, 3.8) is 0 Å². The lowest BCUT2D eigenvalue weighted by molar-refractivity contribution is 0.202. The van der Waals surface area contributed by atoms with E-state index < -0.39 is 0 Å². The first-order chi connectivity index (χ1) is 5.70. The summed E-state index contributed by atoms with van der Waals surface area (Å²) in [6.07, 6.45) is 4.21. The summed E-state index contributed by atoms with van der Waals surface area (Å²) < 4.78 is 0. The van der Waals surface area contributed by atoms with Crippen LogP contribution < -0.4 is 5.32 Å². The van der Waals surface area contributed by atoms with E-state index in [-0.39, 0.29) is 0 Å². The predicted molar refractivity (Wildman–Crippen MR) is 51.2 cm³/mol. The van der Waals surface area contributed by atoms with Crippen molar-refractivity contribution in [3.8, 4) is 0 Å². The average Bonchev–Trinajstić information content (AvgIpc) is 2.77. The summed E-state index contributed by atoms with van der Waals surface area (Å²) in [5, 5.41) is 3.45. The number of rotatable bonds is 3. The maximum Gasteiger partial charge on any atom is 0.00936 e. The van der Waals surface area contributed by atoms with Crippen LogP contribution in [0.25, 0.3) is 0 Å². The number of nitrogens with zero attached hydrogens (tertiary/aromatic N) is 1. The van der Waals surface area contributed by atoms with Crippen molar-refractivity contribution in [2.24, 2.45) is 5.41 Å². The van der Waals surface area contributed by atoms with E-state index >= 15 is 0 Å². The van der Waals surface area contributed by atoms with Crippen LogP contribution in [0.2, 0.25) is 0 Å². The zero-order chi connectivity index (χ0) is 8.60. The molecule has 70 valence electrons. The third-order valence-electron chi connectivity index (χ3n) is 3.26. The van der Waals surface area contributed by atoms with Crippen molar-refractivity contribution in [3.05, 3.63) is 0 Å². The van der Waals surface area contributed by atoms with Crippen molar-refractivity contribution >= 4 is 0 Å². The Labute approximate surface area is 75.3 Å². The maximum atomic E-state index is 3.45. The molecule has 2 aliphatic rings. The molecule has 2 rings (SSSR count). The first-order valence-corrected chi connectivity index (χ1v) is 5.11. The fourth-order valence-electron chi connectivity index (χ4n) is 2.25. The van der Waals surface area contributed by atoms with Crippen LogP contribution >= 0.6 is 0 Å². The van der Waals surface area contributed by atoms with Crippen molar-refractivity contribution in [2.75, 3.05) is 26.7 Å². The van der Waals surface area contributed by atoms with Crippen LogP contribution in [0.4, 0.5) is 0 Å². The molecule has 2 heteroatoms. The molecular weight excluding hydrogens is 148 g/mol. The molecule has 1 atom stereocenters.